The van der Waals surface area contributed by atoms with E-state index in [1.807, 2.05) is 13.8 Å². The van der Waals surface area contributed by atoms with Crippen LogP contribution in [0.2, 0.25) is 0 Å². The molecule has 1 aliphatic heterocycles. The monoisotopic (exact) mass is 200 g/mol. The second-order valence-corrected chi connectivity index (χ2v) is 4.31. The van der Waals surface area contributed by atoms with Crippen molar-refractivity contribution in [2.24, 2.45) is 0 Å². The number of hydrogen-bond donors (Lipinski definition) is 2. The van der Waals surface area contributed by atoms with Crippen LogP contribution in [0.25, 0.3) is 0 Å². The minimum atomic E-state index is -0.186. The van der Waals surface area contributed by atoms with Gasteiger partial charge in [-0.25, -0.2) is 0 Å². The predicted octanol–water partition coefficient (Wildman–Crippen LogP) is 0.280. The maximum Gasteiger partial charge on any atom is 0.239 e. The topological polar surface area (TPSA) is 50.4 Å². The largest absolute Gasteiger partial charge is 0.378 e. The summed E-state index contributed by atoms with van der Waals surface area (Å²) in [7, 11) is 0. The lowest BCUT2D eigenvalue weighted by atomic mass is 10.0. The van der Waals surface area contributed by atoms with E-state index < -0.39 is 0 Å². The van der Waals surface area contributed by atoms with Crippen LogP contribution in [-0.2, 0) is 9.53 Å². The number of ether oxygens (including phenoxy) is 1. The number of hydrogen-bond acceptors (Lipinski definition) is 3. The zero-order valence-electron chi connectivity index (χ0n) is 9.22. The standard InChI is InChI=1S/C10H20N2O2/c1-4-10(2,3)12-9(13)8-7-14-6-5-11-8/h8,11H,4-7H2,1-3H3,(H,12,13). The summed E-state index contributed by atoms with van der Waals surface area (Å²) in [5, 5.41) is 6.12. The second-order valence-electron chi connectivity index (χ2n) is 4.31. The number of amides is 1. The maximum absolute atomic E-state index is 11.7. The van der Waals surface area contributed by atoms with E-state index >= 15 is 0 Å². The molecule has 1 fully saturated rings. The molecule has 0 bridgehead atoms. The van der Waals surface area contributed by atoms with Crippen LogP contribution >= 0.6 is 0 Å². The first-order chi connectivity index (χ1) is 6.55. The minimum Gasteiger partial charge on any atom is -0.378 e. The molecule has 0 aromatic heterocycles. The van der Waals surface area contributed by atoms with Gasteiger partial charge >= 0.3 is 0 Å². The van der Waals surface area contributed by atoms with Gasteiger partial charge in [0.25, 0.3) is 0 Å². The van der Waals surface area contributed by atoms with Gasteiger partial charge in [-0.15, -0.1) is 0 Å². The third-order valence-electron chi connectivity index (χ3n) is 2.58. The van der Waals surface area contributed by atoms with Gasteiger partial charge in [0.1, 0.15) is 6.04 Å². The molecule has 1 amide bonds. The van der Waals surface area contributed by atoms with Crippen LogP contribution < -0.4 is 10.6 Å². The average Bonchev–Trinajstić information content (AvgIpc) is 2.19. The van der Waals surface area contributed by atoms with Gasteiger partial charge in [0.2, 0.25) is 5.91 Å². The van der Waals surface area contributed by atoms with Gasteiger partial charge < -0.3 is 15.4 Å². The number of morpholine rings is 1. The minimum absolute atomic E-state index is 0.0385. The molecule has 1 saturated heterocycles. The molecule has 0 aromatic rings. The summed E-state index contributed by atoms with van der Waals surface area (Å²) < 4.78 is 5.23. The van der Waals surface area contributed by atoms with E-state index in [1.54, 1.807) is 0 Å². The highest BCUT2D eigenvalue weighted by Gasteiger charge is 2.25. The fraction of sp³-hybridized carbons (Fsp3) is 0.900. The van der Waals surface area contributed by atoms with Crippen LogP contribution in [0.3, 0.4) is 0 Å². The molecule has 1 heterocycles. The Labute approximate surface area is 85.4 Å². The smallest absolute Gasteiger partial charge is 0.239 e. The van der Waals surface area contributed by atoms with Crippen molar-refractivity contribution in [3.8, 4) is 0 Å². The Morgan fingerprint density at radius 2 is 2.36 bits per heavy atom. The summed E-state index contributed by atoms with van der Waals surface area (Å²) in [4.78, 5) is 11.7. The molecule has 1 rings (SSSR count). The fourth-order valence-corrected chi connectivity index (χ4v) is 1.24. The molecule has 0 aliphatic carbocycles. The molecule has 14 heavy (non-hydrogen) atoms. The zero-order valence-corrected chi connectivity index (χ0v) is 9.22. The third kappa shape index (κ3) is 3.27. The molecule has 1 atom stereocenters. The van der Waals surface area contributed by atoms with Crippen LogP contribution in [0.1, 0.15) is 27.2 Å². The lowest BCUT2D eigenvalue weighted by Gasteiger charge is -2.29. The highest BCUT2D eigenvalue weighted by molar-refractivity contribution is 5.82. The lowest BCUT2D eigenvalue weighted by molar-refractivity contribution is -0.127. The van der Waals surface area contributed by atoms with E-state index in [4.69, 9.17) is 4.74 Å². The Kier molecular flexibility index (Phi) is 3.89. The van der Waals surface area contributed by atoms with Gasteiger partial charge in [-0.2, -0.15) is 0 Å². The molecule has 82 valence electrons. The van der Waals surface area contributed by atoms with E-state index in [9.17, 15) is 4.79 Å². The van der Waals surface area contributed by atoms with Crippen LogP contribution in [0.15, 0.2) is 0 Å². The molecular weight excluding hydrogens is 180 g/mol. The first kappa shape index (κ1) is 11.5. The molecule has 4 nitrogen and oxygen atoms in total. The van der Waals surface area contributed by atoms with Gasteiger partial charge in [0, 0.05) is 12.1 Å². The Hall–Kier alpha value is -0.610. The number of carbonyl (C=O) groups excluding carboxylic acids is 1. The molecule has 0 saturated carbocycles. The summed E-state index contributed by atoms with van der Waals surface area (Å²) in [6.45, 7) is 8.03. The van der Waals surface area contributed by atoms with Crippen LogP contribution in [0, 0.1) is 0 Å². The van der Waals surface area contributed by atoms with Gasteiger partial charge in [-0.3, -0.25) is 4.79 Å². The highest BCUT2D eigenvalue weighted by Crippen LogP contribution is 2.07. The summed E-state index contributed by atoms with van der Waals surface area (Å²) in [6, 6.07) is -0.186. The first-order valence-corrected chi connectivity index (χ1v) is 5.18. The van der Waals surface area contributed by atoms with Crippen LogP contribution in [0.4, 0.5) is 0 Å². The highest BCUT2D eigenvalue weighted by atomic mass is 16.5. The Morgan fingerprint density at radius 1 is 1.64 bits per heavy atom. The Balaban J connectivity index is 2.40. The van der Waals surface area contributed by atoms with E-state index in [1.165, 1.54) is 0 Å². The van der Waals surface area contributed by atoms with Crippen molar-refractivity contribution in [1.29, 1.82) is 0 Å². The lowest BCUT2D eigenvalue weighted by Crippen LogP contribution is -2.55. The van der Waals surface area contributed by atoms with Crippen molar-refractivity contribution >= 4 is 5.91 Å². The molecule has 4 heteroatoms. The number of rotatable bonds is 3. The van der Waals surface area contributed by atoms with Crippen molar-refractivity contribution in [2.45, 2.75) is 38.8 Å². The first-order valence-electron chi connectivity index (χ1n) is 5.18. The average molecular weight is 200 g/mol. The Morgan fingerprint density at radius 3 is 2.86 bits per heavy atom. The van der Waals surface area contributed by atoms with Crippen molar-refractivity contribution in [3.63, 3.8) is 0 Å². The predicted molar refractivity (Wildman–Crippen MR) is 55.1 cm³/mol. The second kappa shape index (κ2) is 4.75. The van der Waals surface area contributed by atoms with E-state index in [2.05, 4.69) is 17.6 Å². The maximum atomic E-state index is 11.7. The van der Waals surface area contributed by atoms with Crippen molar-refractivity contribution < 1.29 is 9.53 Å². The SMILES string of the molecule is CCC(C)(C)NC(=O)C1COCCN1. The van der Waals surface area contributed by atoms with Crippen LogP contribution in [-0.4, -0.2) is 37.2 Å². The fourth-order valence-electron chi connectivity index (χ4n) is 1.24. The zero-order chi connectivity index (χ0) is 10.6. The van der Waals surface area contributed by atoms with Crippen molar-refractivity contribution in [3.05, 3.63) is 0 Å². The number of carbonyl (C=O) groups is 1. The molecule has 1 aliphatic rings. The van der Waals surface area contributed by atoms with Crippen molar-refractivity contribution in [1.82, 2.24) is 10.6 Å². The normalized spacial score (nSPS) is 23.2. The van der Waals surface area contributed by atoms with Crippen molar-refractivity contribution in [2.75, 3.05) is 19.8 Å². The molecule has 1 unspecified atom stereocenters. The van der Waals surface area contributed by atoms with Gasteiger partial charge in [0.15, 0.2) is 0 Å². The molecular formula is C10H20N2O2. The molecule has 0 aromatic carbocycles. The van der Waals surface area contributed by atoms with Gasteiger partial charge in [-0.1, -0.05) is 6.92 Å². The van der Waals surface area contributed by atoms with E-state index in [-0.39, 0.29) is 17.5 Å². The van der Waals surface area contributed by atoms with Gasteiger partial charge in [0.05, 0.1) is 13.2 Å². The summed E-state index contributed by atoms with van der Waals surface area (Å²) in [5.74, 6) is 0.0385. The Bertz CT molecular complexity index is 198. The third-order valence-corrected chi connectivity index (χ3v) is 2.58. The van der Waals surface area contributed by atoms with Gasteiger partial charge in [-0.05, 0) is 20.3 Å². The van der Waals surface area contributed by atoms with E-state index in [0.29, 0.717) is 13.2 Å². The molecule has 0 spiro atoms. The summed E-state index contributed by atoms with van der Waals surface area (Å²) >= 11 is 0. The summed E-state index contributed by atoms with van der Waals surface area (Å²) in [5.41, 5.74) is -0.129. The number of nitrogens with one attached hydrogen (secondary N) is 2. The summed E-state index contributed by atoms with van der Waals surface area (Å²) in [6.07, 6.45) is 0.923. The molecule has 2 N–H and O–H groups in total. The quantitative estimate of drug-likeness (QED) is 0.688. The van der Waals surface area contributed by atoms with Crippen LogP contribution in [0.5, 0.6) is 0 Å². The van der Waals surface area contributed by atoms with E-state index in [0.717, 1.165) is 13.0 Å². The molecule has 0 radical (unpaired) electrons.